The molecule has 0 unspecified atom stereocenters. The second-order valence-electron chi connectivity index (χ2n) is 4.42. The molecule has 80 valence electrons. The van der Waals surface area contributed by atoms with Crippen LogP contribution < -0.4 is 4.46 Å². The normalized spacial score (nSPS) is 11.1. The van der Waals surface area contributed by atoms with E-state index < -0.39 is 8.07 Å². The molecule has 1 aromatic rings. The predicted octanol–water partition coefficient (Wildman–Crippen LogP) is 1.98. The molecule has 0 aliphatic carbocycles. The summed E-state index contributed by atoms with van der Waals surface area (Å²) in [4.78, 5) is 11.9. The molecule has 0 heterocycles. The van der Waals surface area contributed by atoms with Crippen molar-refractivity contribution >= 4 is 32.9 Å². The molecule has 0 fully saturated rings. The van der Waals surface area contributed by atoms with Crippen molar-refractivity contribution in [1.29, 1.82) is 0 Å². The van der Waals surface area contributed by atoms with Gasteiger partial charge in [-0.25, -0.2) is 0 Å². The number of hydrogen-bond acceptors (Lipinski definition) is 1. The van der Waals surface area contributed by atoms with E-state index in [9.17, 15) is 4.79 Å². The van der Waals surface area contributed by atoms with E-state index in [4.69, 9.17) is 0 Å². The fourth-order valence-corrected chi connectivity index (χ4v) is 5.53. The van der Waals surface area contributed by atoms with E-state index in [1.807, 2.05) is 18.2 Å². The van der Waals surface area contributed by atoms with E-state index in [0.717, 1.165) is 4.47 Å². The third-order valence-electron chi connectivity index (χ3n) is 1.92. The van der Waals surface area contributed by atoms with Gasteiger partial charge in [0.1, 0.15) is 0 Å². The summed E-state index contributed by atoms with van der Waals surface area (Å²) in [6.45, 7) is 10.1. The molecule has 0 amide bonds. The van der Waals surface area contributed by atoms with Gasteiger partial charge >= 0.3 is 98.7 Å². The summed E-state index contributed by atoms with van der Waals surface area (Å²) in [5, 5.41) is 0.311. The van der Waals surface area contributed by atoms with Gasteiger partial charge in [0.15, 0.2) is 0 Å². The number of allylic oxidation sites excluding steroid dienone is 1. The number of carbonyl (C=O) groups excluding carboxylic acids is 1. The summed E-state index contributed by atoms with van der Waals surface area (Å²) < 4.78 is 2.04. The molecule has 0 saturated heterocycles. The first-order valence-corrected chi connectivity index (χ1v) is 10.1. The molecule has 3 heteroatoms. The van der Waals surface area contributed by atoms with Crippen molar-refractivity contribution in [2.75, 3.05) is 0 Å². The Morgan fingerprint density at radius 3 is 2.20 bits per heavy atom. The molecule has 0 radical (unpaired) electrons. The zero-order chi connectivity index (χ0) is 11.5. The van der Waals surface area contributed by atoms with Crippen LogP contribution in [0.1, 0.15) is 0 Å². The van der Waals surface area contributed by atoms with Crippen molar-refractivity contribution in [3.05, 3.63) is 41.4 Å². The Morgan fingerprint density at radius 1 is 1.20 bits per heavy atom. The van der Waals surface area contributed by atoms with Gasteiger partial charge in [0.2, 0.25) is 0 Å². The molecule has 0 saturated carbocycles. The summed E-state index contributed by atoms with van der Waals surface area (Å²) >= 11 is 0.0959. The Morgan fingerprint density at radius 2 is 1.73 bits per heavy atom. The van der Waals surface area contributed by atoms with E-state index in [1.165, 1.54) is 4.46 Å². The summed E-state index contributed by atoms with van der Waals surface area (Å²) in [5.74, 6) is 0. The van der Waals surface area contributed by atoms with Gasteiger partial charge in [0.25, 0.3) is 0 Å². The molecule has 0 aromatic heterocycles. The molecule has 0 spiro atoms. The van der Waals surface area contributed by atoms with Crippen LogP contribution in [0.5, 0.6) is 0 Å². The van der Waals surface area contributed by atoms with Crippen LogP contribution in [0.2, 0.25) is 19.6 Å². The van der Waals surface area contributed by atoms with Gasteiger partial charge in [-0.1, -0.05) is 0 Å². The second-order valence-corrected chi connectivity index (χ2v) is 11.8. The molecule has 0 bridgehead atoms. The first-order chi connectivity index (χ1) is 6.91. The van der Waals surface area contributed by atoms with Gasteiger partial charge < -0.3 is 0 Å². The third kappa shape index (κ3) is 3.78. The quantitative estimate of drug-likeness (QED) is 0.610. The van der Waals surface area contributed by atoms with Crippen molar-refractivity contribution < 1.29 is 4.79 Å². The maximum atomic E-state index is 11.9. The Labute approximate surface area is 98.8 Å². The number of rotatable bonds is 4. The number of benzene rings is 1. The Hall–Kier alpha value is -0.634. The Balaban J connectivity index is 2.69. The van der Waals surface area contributed by atoms with Crippen molar-refractivity contribution in [2.24, 2.45) is 0 Å². The Kier molecular flexibility index (Phi) is 4.09. The summed E-state index contributed by atoms with van der Waals surface area (Å²) in [5.41, 5.74) is 0. The van der Waals surface area contributed by atoms with Crippen LogP contribution in [0.25, 0.3) is 0 Å². The van der Waals surface area contributed by atoms with Gasteiger partial charge in [-0.05, 0) is 0 Å². The van der Waals surface area contributed by atoms with Crippen LogP contribution in [0.4, 0.5) is 0 Å². The fourth-order valence-electron chi connectivity index (χ4n) is 1.10. The van der Waals surface area contributed by atoms with Crippen molar-refractivity contribution in [1.82, 2.24) is 0 Å². The standard InChI is InChI=1S/C12H16OSeSi/c1-10(12(13)15(2,3)4)14-11-8-6-5-7-9-11/h5-9H,1H2,2-4H3. The first-order valence-electron chi connectivity index (χ1n) is 4.88. The van der Waals surface area contributed by atoms with Gasteiger partial charge in [0.05, 0.1) is 0 Å². The van der Waals surface area contributed by atoms with E-state index in [0.29, 0.717) is 5.41 Å². The van der Waals surface area contributed by atoms with Crippen molar-refractivity contribution in [3.8, 4) is 0 Å². The van der Waals surface area contributed by atoms with E-state index in [2.05, 4.69) is 38.4 Å². The summed E-state index contributed by atoms with van der Waals surface area (Å²) in [6.07, 6.45) is 0. The minimum atomic E-state index is -1.70. The fraction of sp³-hybridized carbons (Fsp3) is 0.250. The minimum absolute atomic E-state index is 0.0959. The summed E-state index contributed by atoms with van der Waals surface area (Å²) in [6, 6.07) is 10.1. The first kappa shape index (κ1) is 12.4. The van der Waals surface area contributed by atoms with Crippen LogP contribution in [-0.2, 0) is 4.79 Å². The van der Waals surface area contributed by atoms with Crippen LogP contribution >= 0.6 is 0 Å². The molecule has 0 aliphatic heterocycles. The average molecular weight is 283 g/mol. The van der Waals surface area contributed by atoms with Gasteiger partial charge in [-0.2, -0.15) is 0 Å². The van der Waals surface area contributed by atoms with Crippen LogP contribution in [0.3, 0.4) is 0 Å². The molecular formula is C12H16OSeSi. The average Bonchev–Trinajstić information content (AvgIpc) is 2.16. The topological polar surface area (TPSA) is 17.1 Å². The molecule has 15 heavy (non-hydrogen) atoms. The third-order valence-corrected chi connectivity index (χ3v) is 5.96. The van der Waals surface area contributed by atoms with Crippen molar-refractivity contribution in [3.63, 3.8) is 0 Å². The Bertz CT molecular complexity index is 365. The monoisotopic (exact) mass is 284 g/mol. The van der Waals surface area contributed by atoms with Crippen LogP contribution in [0, 0.1) is 0 Å². The molecule has 0 N–H and O–H groups in total. The van der Waals surface area contributed by atoms with E-state index >= 15 is 0 Å². The molecule has 1 aromatic carbocycles. The van der Waals surface area contributed by atoms with Crippen LogP contribution in [0.15, 0.2) is 41.4 Å². The molecule has 1 rings (SSSR count). The van der Waals surface area contributed by atoms with Gasteiger partial charge in [0, 0.05) is 0 Å². The SMILES string of the molecule is C=C([Se]c1ccccc1)C(=O)[Si](C)(C)C. The number of carbonyl (C=O) groups is 1. The van der Waals surface area contributed by atoms with E-state index in [-0.39, 0.29) is 15.0 Å². The van der Waals surface area contributed by atoms with Crippen molar-refractivity contribution in [2.45, 2.75) is 19.6 Å². The van der Waals surface area contributed by atoms with Gasteiger partial charge in [-0.3, -0.25) is 0 Å². The molecular weight excluding hydrogens is 267 g/mol. The van der Waals surface area contributed by atoms with Gasteiger partial charge in [-0.15, -0.1) is 0 Å². The summed E-state index contributed by atoms with van der Waals surface area (Å²) in [7, 11) is -1.70. The maximum absolute atomic E-state index is 11.9. The number of hydrogen-bond donors (Lipinski definition) is 0. The zero-order valence-electron chi connectivity index (χ0n) is 9.41. The second kappa shape index (κ2) is 4.93. The molecule has 1 nitrogen and oxygen atoms in total. The van der Waals surface area contributed by atoms with E-state index in [1.54, 1.807) is 0 Å². The molecule has 0 atom stereocenters. The predicted molar refractivity (Wildman–Crippen MR) is 69.3 cm³/mol. The molecule has 0 aliphatic rings. The zero-order valence-corrected chi connectivity index (χ0v) is 12.1. The van der Waals surface area contributed by atoms with Crippen LogP contribution in [-0.4, -0.2) is 28.4 Å².